The molecule has 1 N–H and O–H groups in total. The van der Waals surface area contributed by atoms with Crippen LogP contribution in [0, 0.1) is 5.92 Å². The summed E-state index contributed by atoms with van der Waals surface area (Å²) in [6.07, 6.45) is -0.0731. The van der Waals surface area contributed by atoms with E-state index in [4.69, 9.17) is 9.84 Å². The van der Waals surface area contributed by atoms with Gasteiger partial charge in [-0.3, -0.25) is 4.90 Å². The first kappa shape index (κ1) is 13.4. The average molecular weight is 263 g/mol. The number of ether oxygens (including phenoxy) is 1. The summed E-state index contributed by atoms with van der Waals surface area (Å²) < 4.78 is 5.16. The van der Waals surface area contributed by atoms with Crippen LogP contribution >= 0.6 is 0 Å². The number of nitrogens with zero attached hydrogens (tertiary/aromatic N) is 1. The standard InChI is InChI=1S/C14H17NO4/c1-10-7-12(13(16)17)15(8-10)14(18)19-9-11-5-3-2-4-6-11/h2-6,10,12H,7-9H2,1H3,(H,16,17)/t10-,12-/m0/s1. The maximum atomic E-state index is 11.9. The topological polar surface area (TPSA) is 66.8 Å². The van der Waals surface area contributed by atoms with Gasteiger partial charge >= 0.3 is 12.1 Å². The van der Waals surface area contributed by atoms with Crippen LogP contribution in [-0.4, -0.2) is 34.7 Å². The van der Waals surface area contributed by atoms with Gasteiger partial charge in [-0.25, -0.2) is 9.59 Å². The number of carboxylic acids is 1. The van der Waals surface area contributed by atoms with Crippen LogP contribution in [0.2, 0.25) is 0 Å². The minimum atomic E-state index is -0.971. The monoisotopic (exact) mass is 263 g/mol. The Hall–Kier alpha value is -2.04. The molecule has 1 aromatic carbocycles. The zero-order valence-corrected chi connectivity index (χ0v) is 10.8. The number of carbonyl (C=O) groups is 2. The van der Waals surface area contributed by atoms with Crippen LogP contribution in [0.5, 0.6) is 0 Å². The van der Waals surface area contributed by atoms with Crippen LogP contribution in [0.4, 0.5) is 4.79 Å². The van der Waals surface area contributed by atoms with Crippen LogP contribution in [0.25, 0.3) is 0 Å². The molecule has 1 saturated heterocycles. The molecule has 0 saturated carbocycles. The number of carbonyl (C=O) groups excluding carboxylic acids is 1. The predicted octanol–water partition coefficient (Wildman–Crippen LogP) is 2.12. The summed E-state index contributed by atoms with van der Waals surface area (Å²) in [6, 6.07) is 8.55. The van der Waals surface area contributed by atoms with Crippen molar-refractivity contribution in [1.82, 2.24) is 4.90 Å². The van der Waals surface area contributed by atoms with Gasteiger partial charge in [-0.15, -0.1) is 0 Å². The first-order valence-corrected chi connectivity index (χ1v) is 6.28. The van der Waals surface area contributed by atoms with Crippen molar-refractivity contribution in [2.24, 2.45) is 5.92 Å². The van der Waals surface area contributed by atoms with E-state index in [1.165, 1.54) is 4.90 Å². The lowest BCUT2D eigenvalue weighted by molar-refractivity contribution is -0.141. The van der Waals surface area contributed by atoms with Crippen LogP contribution in [0.15, 0.2) is 30.3 Å². The van der Waals surface area contributed by atoms with Crippen LogP contribution in [-0.2, 0) is 16.1 Å². The lowest BCUT2D eigenvalue weighted by atomic mass is 10.1. The highest BCUT2D eigenvalue weighted by Crippen LogP contribution is 2.24. The van der Waals surface area contributed by atoms with Crippen LogP contribution in [0.3, 0.4) is 0 Å². The number of rotatable bonds is 3. The summed E-state index contributed by atoms with van der Waals surface area (Å²) in [5, 5.41) is 9.09. The fourth-order valence-corrected chi connectivity index (χ4v) is 2.28. The zero-order valence-electron chi connectivity index (χ0n) is 10.8. The molecule has 2 atom stereocenters. The molecule has 1 aromatic rings. The Balaban J connectivity index is 1.94. The molecule has 2 rings (SSSR count). The molecule has 0 aliphatic carbocycles. The van der Waals surface area contributed by atoms with Crippen molar-refractivity contribution in [1.29, 1.82) is 0 Å². The van der Waals surface area contributed by atoms with E-state index in [0.29, 0.717) is 13.0 Å². The van der Waals surface area contributed by atoms with Crippen molar-refractivity contribution >= 4 is 12.1 Å². The molecule has 5 heteroatoms. The van der Waals surface area contributed by atoms with Crippen molar-refractivity contribution in [2.45, 2.75) is 26.0 Å². The Morgan fingerprint density at radius 2 is 2.05 bits per heavy atom. The second-order valence-electron chi connectivity index (χ2n) is 4.89. The van der Waals surface area contributed by atoms with Gasteiger partial charge < -0.3 is 9.84 Å². The SMILES string of the molecule is C[C@H]1C[C@@H](C(=O)O)N(C(=O)OCc2ccccc2)C1. The van der Waals surface area contributed by atoms with E-state index in [2.05, 4.69) is 0 Å². The molecule has 1 heterocycles. The summed E-state index contributed by atoms with van der Waals surface area (Å²) in [5.41, 5.74) is 0.884. The molecular weight excluding hydrogens is 246 g/mol. The van der Waals surface area contributed by atoms with Crippen LogP contribution in [0.1, 0.15) is 18.9 Å². The van der Waals surface area contributed by atoms with Gasteiger partial charge in [-0.1, -0.05) is 37.3 Å². The van der Waals surface area contributed by atoms with Gasteiger partial charge in [0.25, 0.3) is 0 Å². The molecule has 0 aromatic heterocycles. The highest BCUT2D eigenvalue weighted by Gasteiger charge is 2.38. The van der Waals surface area contributed by atoms with Gasteiger partial charge in [0.1, 0.15) is 12.6 Å². The second kappa shape index (κ2) is 5.73. The van der Waals surface area contributed by atoms with Crippen molar-refractivity contribution in [3.05, 3.63) is 35.9 Å². The molecular formula is C14H17NO4. The maximum Gasteiger partial charge on any atom is 0.410 e. The molecule has 1 aliphatic heterocycles. The number of aliphatic carboxylic acids is 1. The number of carboxylic acid groups (broad SMARTS) is 1. The van der Waals surface area contributed by atoms with Gasteiger partial charge in [-0.05, 0) is 17.9 Å². The Bertz CT molecular complexity index is 460. The predicted molar refractivity (Wildman–Crippen MR) is 68.5 cm³/mol. The maximum absolute atomic E-state index is 11.9. The van der Waals surface area contributed by atoms with Crippen LogP contribution < -0.4 is 0 Å². The number of likely N-dealkylation sites (tertiary alicyclic amines) is 1. The Labute approximate surface area is 111 Å². The van der Waals surface area contributed by atoms with Gasteiger partial charge in [0.05, 0.1) is 0 Å². The number of hydrogen-bond acceptors (Lipinski definition) is 3. The molecule has 5 nitrogen and oxygen atoms in total. The number of hydrogen-bond donors (Lipinski definition) is 1. The van der Waals surface area contributed by atoms with Gasteiger partial charge in [0.15, 0.2) is 0 Å². The smallest absolute Gasteiger partial charge is 0.410 e. The van der Waals surface area contributed by atoms with Crippen molar-refractivity contribution in [3.63, 3.8) is 0 Å². The summed E-state index contributed by atoms with van der Waals surface area (Å²) >= 11 is 0. The van der Waals surface area contributed by atoms with E-state index < -0.39 is 18.1 Å². The number of benzene rings is 1. The molecule has 102 valence electrons. The van der Waals surface area contributed by atoms with Crippen molar-refractivity contribution in [3.8, 4) is 0 Å². The molecule has 0 bridgehead atoms. The summed E-state index contributed by atoms with van der Waals surface area (Å²) in [5.74, 6) is -0.786. The number of amides is 1. The fourth-order valence-electron chi connectivity index (χ4n) is 2.28. The molecule has 1 amide bonds. The summed E-state index contributed by atoms with van der Waals surface area (Å²) in [4.78, 5) is 24.3. The third kappa shape index (κ3) is 3.24. The Kier molecular flexibility index (Phi) is 4.04. The minimum Gasteiger partial charge on any atom is -0.480 e. The Morgan fingerprint density at radius 1 is 1.37 bits per heavy atom. The largest absolute Gasteiger partial charge is 0.480 e. The summed E-state index contributed by atoms with van der Waals surface area (Å²) in [7, 11) is 0. The van der Waals surface area contributed by atoms with Gasteiger partial charge in [0, 0.05) is 6.54 Å². The lowest BCUT2D eigenvalue weighted by Gasteiger charge is -2.20. The summed E-state index contributed by atoms with van der Waals surface area (Å²) in [6.45, 7) is 2.53. The fraction of sp³-hybridized carbons (Fsp3) is 0.429. The van der Waals surface area contributed by atoms with E-state index in [9.17, 15) is 9.59 Å². The lowest BCUT2D eigenvalue weighted by Crippen LogP contribution is -2.40. The molecule has 0 radical (unpaired) electrons. The van der Waals surface area contributed by atoms with E-state index in [1.807, 2.05) is 37.3 Å². The molecule has 19 heavy (non-hydrogen) atoms. The second-order valence-corrected chi connectivity index (χ2v) is 4.89. The normalized spacial score (nSPS) is 22.3. The molecule has 0 unspecified atom stereocenters. The molecule has 0 spiro atoms. The van der Waals surface area contributed by atoms with Crippen molar-refractivity contribution < 1.29 is 19.4 Å². The first-order valence-electron chi connectivity index (χ1n) is 6.28. The van der Waals surface area contributed by atoms with Gasteiger partial charge in [0.2, 0.25) is 0 Å². The van der Waals surface area contributed by atoms with E-state index >= 15 is 0 Å². The Morgan fingerprint density at radius 3 is 2.68 bits per heavy atom. The van der Waals surface area contributed by atoms with Crippen molar-refractivity contribution in [2.75, 3.05) is 6.54 Å². The third-order valence-electron chi connectivity index (χ3n) is 3.23. The highest BCUT2D eigenvalue weighted by atomic mass is 16.6. The third-order valence-corrected chi connectivity index (χ3v) is 3.23. The minimum absolute atomic E-state index is 0.164. The molecule has 1 aliphatic rings. The van der Waals surface area contributed by atoms with Gasteiger partial charge in [-0.2, -0.15) is 0 Å². The van der Waals surface area contributed by atoms with E-state index in [0.717, 1.165) is 5.56 Å². The zero-order chi connectivity index (χ0) is 13.8. The van der Waals surface area contributed by atoms with E-state index in [-0.39, 0.29) is 12.5 Å². The average Bonchev–Trinajstić information content (AvgIpc) is 2.79. The highest BCUT2D eigenvalue weighted by molar-refractivity contribution is 5.80. The molecule has 1 fully saturated rings. The quantitative estimate of drug-likeness (QED) is 0.907. The first-order chi connectivity index (χ1) is 9.08. The van der Waals surface area contributed by atoms with E-state index in [1.54, 1.807) is 0 Å².